The van der Waals surface area contributed by atoms with Gasteiger partial charge in [0.15, 0.2) is 0 Å². The molecular formula is C8H8N2O2. The molecule has 62 valence electrons. The molecule has 0 aromatic rings. The molecule has 0 N–H and O–H groups in total. The Kier molecular flexibility index (Phi) is 3.15. The maximum Gasteiger partial charge on any atom is 0.240 e. The first-order valence-corrected chi connectivity index (χ1v) is 3.70. The first-order valence-electron chi connectivity index (χ1n) is 3.70. The second kappa shape index (κ2) is 4.39. The van der Waals surface area contributed by atoms with Gasteiger partial charge in [-0.2, -0.15) is 4.99 Å². The first-order chi connectivity index (χ1) is 5.86. The van der Waals surface area contributed by atoms with Crippen molar-refractivity contribution in [3.63, 3.8) is 0 Å². The maximum absolute atomic E-state index is 9.92. The molecule has 0 amide bonds. The lowest BCUT2D eigenvalue weighted by Gasteiger charge is -2.13. The van der Waals surface area contributed by atoms with E-state index >= 15 is 0 Å². The molecule has 0 aliphatic heterocycles. The maximum atomic E-state index is 9.92. The van der Waals surface area contributed by atoms with E-state index in [0.29, 0.717) is 12.1 Å². The molecule has 0 bridgehead atoms. The standard InChI is InChI=1S/C8H8N2O2/c11-5-9-7-2-1-3-8(4-7)10-6-12/h2,8H,1,3-4H2. The summed E-state index contributed by atoms with van der Waals surface area (Å²) >= 11 is 0. The van der Waals surface area contributed by atoms with Crippen LogP contribution in [0.4, 0.5) is 0 Å². The normalized spacial score (nSPS) is 21.7. The van der Waals surface area contributed by atoms with Crippen LogP contribution in [0.15, 0.2) is 21.8 Å². The van der Waals surface area contributed by atoms with Crippen molar-refractivity contribution < 1.29 is 9.59 Å². The van der Waals surface area contributed by atoms with E-state index in [1.165, 1.54) is 12.2 Å². The summed E-state index contributed by atoms with van der Waals surface area (Å²) < 4.78 is 0. The summed E-state index contributed by atoms with van der Waals surface area (Å²) in [5.41, 5.74) is 0.667. The van der Waals surface area contributed by atoms with Gasteiger partial charge >= 0.3 is 0 Å². The largest absolute Gasteiger partial charge is 0.240 e. The molecule has 0 radical (unpaired) electrons. The van der Waals surface area contributed by atoms with Crippen molar-refractivity contribution in [1.29, 1.82) is 0 Å². The number of hydrogen-bond donors (Lipinski definition) is 0. The van der Waals surface area contributed by atoms with Crippen LogP contribution in [-0.4, -0.2) is 18.2 Å². The van der Waals surface area contributed by atoms with Gasteiger partial charge in [-0.15, -0.1) is 0 Å². The lowest BCUT2D eigenvalue weighted by molar-refractivity contribution is 0.539. The zero-order chi connectivity index (χ0) is 8.81. The molecule has 12 heavy (non-hydrogen) atoms. The monoisotopic (exact) mass is 164 g/mol. The molecule has 1 rings (SSSR count). The number of isocyanates is 2. The molecule has 1 atom stereocenters. The Morgan fingerprint density at radius 1 is 1.42 bits per heavy atom. The van der Waals surface area contributed by atoms with Gasteiger partial charge in [0.1, 0.15) is 0 Å². The van der Waals surface area contributed by atoms with Gasteiger partial charge in [-0.25, -0.2) is 14.6 Å². The lowest BCUT2D eigenvalue weighted by atomic mass is 10.0. The van der Waals surface area contributed by atoms with Gasteiger partial charge in [0.2, 0.25) is 12.2 Å². The highest BCUT2D eigenvalue weighted by Gasteiger charge is 2.13. The van der Waals surface area contributed by atoms with Gasteiger partial charge in [0, 0.05) is 6.42 Å². The van der Waals surface area contributed by atoms with Gasteiger partial charge in [-0.3, -0.25) is 0 Å². The fourth-order valence-corrected chi connectivity index (χ4v) is 1.20. The zero-order valence-corrected chi connectivity index (χ0v) is 6.49. The van der Waals surface area contributed by atoms with Crippen molar-refractivity contribution in [3.05, 3.63) is 11.8 Å². The van der Waals surface area contributed by atoms with Crippen LogP contribution in [0.25, 0.3) is 0 Å². The first kappa shape index (κ1) is 8.60. The van der Waals surface area contributed by atoms with E-state index in [2.05, 4.69) is 9.98 Å². The van der Waals surface area contributed by atoms with E-state index in [0.717, 1.165) is 12.8 Å². The average molecular weight is 164 g/mol. The molecule has 4 nitrogen and oxygen atoms in total. The predicted octanol–water partition coefficient (Wildman–Crippen LogP) is 1.09. The molecular weight excluding hydrogens is 156 g/mol. The number of hydrogen-bond acceptors (Lipinski definition) is 4. The second-order valence-electron chi connectivity index (χ2n) is 2.55. The van der Waals surface area contributed by atoms with Crippen LogP contribution < -0.4 is 0 Å². The number of aliphatic imine (C=N–C) groups is 2. The molecule has 0 saturated heterocycles. The van der Waals surface area contributed by atoms with Gasteiger partial charge < -0.3 is 0 Å². The van der Waals surface area contributed by atoms with Gasteiger partial charge in [0.25, 0.3) is 0 Å². The summed E-state index contributed by atoms with van der Waals surface area (Å²) in [4.78, 5) is 26.9. The lowest BCUT2D eigenvalue weighted by Crippen LogP contribution is -2.08. The van der Waals surface area contributed by atoms with Crippen molar-refractivity contribution >= 4 is 12.2 Å². The molecule has 1 aliphatic carbocycles. The molecule has 1 unspecified atom stereocenters. The minimum Gasteiger partial charge on any atom is -0.211 e. The van der Waals surface area contributed by atoms with E-state index in [4.69, 9.17) is 0 Å². The van der Waals surface area contributed by atoms with Crippen LogP contribution in [0.2, 0.25) is 0 Å². The summed E-state index contributed by atoms with van der Waals surface area (Å²) in [7, 11) is 0. The Labute approximate surface area is 69.7 Å². The Hall–Kier alpha value is -1.50. The van der Waals surface area contributed by atoms with E-state index < -0.39 is 0 Å². The highest BCUT2D eigenvalue weighted by atomic mass is 16.1. The highest BCUT2D eigenvalue weighted by Crippen LogP contribution is 2.20. The van der Waals surface area contributed by atoms with Crippen molar-refractivity contribution in [2.75, 3.05) is 0 Å². The van der Waals surface area contributed by atoms with Crippen LogP contribution in [-0.2, 0) is 9.59 Å². The second-order valence-corrected chi connectivity index (χ2v) is 2.55. The summed E-state index contributed by atoms with van der Waals surface area (Å²) in [6.45, 7) is 0. The third kappa shape index (κ3) is 2.27. The van der Waals surface area contributed by atoms with Crippen LogP contribution in [0.3, 0.4) is 0 Å². The quantitative estimate of drug-likeness (QED) is 0.453. The van der Waals surface area contributed by atoms with Crippen LogP contribution in [0.5, 0.6) is 0 Å². The van der Waals surface area contributed by atoms with Crippen molar-refractivity contribution in [2.45, 2.75) is 25.3 Å². The predicted molar refractivity (Wildman–Crippen MR) is 42.0 cm³/mol. The third-order valence-corrected chi connectivity index (χ3v) is 1.75. The smallest absolute Gasteiger partial charge is 0.211 e. The molecule has 1 aliphatic rings. The Balaban J connectivity index is 2.64. The Morgan fingerprint density at radius 3 is 2.92 bits per heavy atom. The molecule has 0 spiro atoms. The molecule has 0 saturated carbocycles. The SMILES string of the molecule is O=C=NC1=CCCC(N=C=O)C1. The molecule has 0 aromatic carbocycles. The number of carbonyl (C=O) groups excluding carboxylic acids is 2. The molecule has 0 aromatic heterocycles. The van der Waals surface area contributed by atoms with Crippen molar-refractivity contribution in [3.8, 4) is 0 Å². The Bertz CT molecular complexity index is 283. The van der Waals surface area contributed by atoms with Crippen LogP contribution in [0, 0.1) is 0 Å². The van der Waals surface area contributed by atoms with Crippen molar-refractivity contribution in [1.82, 2.24) is 0 Å². The average Bonchev–Trinajstić information content (AvgIpc) is 2.06. The Morgan fingerprint density at radius 2 is 2.25 bits per heavy atom. The third-order valence-electron chi connectivity index (χ3n) is 1.75. The fraction of sp³-hybridized carbons (Fsp3) is 0.500. The van der Waals surface area contributed by atoms with Crippen molar-refractivity contribution in [2.24, 2.45) is 9.98 Å². The fourth-order valence-electron chi connectivity index (χ4n) is 1.20. The van der Waals surface area contributed by atoms with E-state index in [-0.39, 0.29) is 6.04 Å². The van der Waals surface area contributed by atoms with E-state index in [1.54, 1.807) is 0 Å². The number of nitrogens with zero attached hydrogens (tertiary/aromatic N) is 2. The highest BCUT2D eigenvalue weighted by molar-refractivity contribution is 5.38. The summed E-state index contributed by atoms with van der Waals surface area (Å²) in [5, 5.41) is 0. The van der Waals surface area contributed by atoms with Gasteiger partial charge in [-0.05, 0) is 12.8 Å². The summed E-state index contributed by atoms with van der Waals surface area (Å²) in [5.74, 6) is 0. The summed E-state index contributed by atoms with van der Waals surface area (Å²) in [6.07, 6.45) is 7.01. The molecule has 0 heterocycles. The van der Waals surface area contributed by atoms with E-state index in [9.17, 15) is 9.59 Å². The number of allylic oxidation sites excluding steroid dienone is 1. The molecule has 4 heteroatoms. The zero-order valence-electron chi connectivity index (χ0n) is 6.49. The minimum absolute atomic E-state index is 0.0559. The van der Waals surface area contributed by atoms with E-state index in [1.807, 2.05) is 6.08 Å². The van der Waals surface area contributed by atoms with Crippen LogP contribution in [0.1, 0.15) is 19.3 Å². The molecule has 0 fully saturated rings. The van der Waals surface area contributed by atoms with Gasteiger partial charge in [0.05, 0.1) is 11.7 Å². The topological polar surface area (TPSA) is 58.9 Å². The van der Waals surface area contributed by atoms with Crippen LogP contribution >= 0.6 is 0 Å². The minimum atomic E-state index is -0.0559. The summed E-state index contributed by atoms with van der Waals surface area (Å²) in [6, 6.07) is -0.0559. The van der Waals surface area contributed by atoms with Gasteiger partial charge in [-0.1, -0.05) is 6.08 Å². The number of rotatable bonds is 2.